The Bertz CT molecular complexity index is 1190. The Morgan fingerprint density at radius 1 is 0.759 bits per heavy atom. The van der Waals surface area contributed by atoms with Gasteiger partial charge in [0.05, 0.1) is 0 Å². The molecule has 0 aliphatic heterocycles. The van der Waals surface area contributed by atoms with Crippen molar-refractivity contribution in [3.05, 3.63) is 52.9 Å². The van der Waals surface area contributed by atoms with Crippen LogP contribution in [0.15, 0.2) is 51.7 Å². The van der Waals surface area contributed by atoms with Crippen LogP contribution in [-0.2, 0) is 14.4 Å². The monoisotopic (exact) mass is 396 g/mol. The second-order valence-electron chi connectivity index (χ2n) is 6.06. The number of carbonyl (C=O) groups is 3. The molecule has 0 N–H and O–H groups in total. The highest BCUT2D eigenvalue weighted by atomic mass is 16.6. The van der Waals surface area contributed by atoms with E-state index >= 15 is 0 Å². The maximum absolute atomic E-state index is 12.5. The minimum absolute atomic E-state index is 0.00149. The van der Waals surface area contributed by atoms with Crippen molar-refractivity contribution < 1.29 is 33.0 Å². The second kappa shape index (κ2) is 7.97. The number of rotatable bonds is 4. The molecule has 8 heteroatoms. The van der Waals surface area contributed by atoms with Gasteiger partial charge in [-0.3, -0.25) is 14.4 Å². The summed E-state index contributed by atoms with van der Waals surface area (Å²) in [6.45, 7) is 3.65. The van der Waals surface area contributed by atoms with Gasteiger partial charge in [-0.15, -0.1) is 0 Å². The summed E-state index contributed by atoms with van der Waals surface area (Å²) in [7, 11) is 0. The SMILES string of the molecule is CC(=O)Oc1ccc(-c2cc3cccc(OC(C)=O)c3c(=O)o2)cc1OC(C)=O. The summed E-state index contributed by atoms with van der Waals surface area (Å²) in [6.07, 6.45) is 0. The molecule has 29 heavy (non-hydrogen) atoms. The number of hydrogen-bond donors (Lipinski definition) is 0. The summed E-state index contributed by atoms with van der Waals surface area (Å²) < 4.78 is 20.6. The topological polar surface area (TPSA) is 109 Å². The molecule has 0 saturated heterocycles. The lowest BCUT2D eigenvalue weighted by atomic mass is 10.1. The van der Waals surface area contributed by atoms with Gasteiger partial charge in [0.1, 0.15) is 16.9 Å². The number of hydrogen-bond acceptors (Lipinski definition) is 8. The molecule has 1 heterocycles. The molecule has 3 aromatic rings. The van der Waals surface area contributed by atoms with E-state index < -0.39 is 23.5 Å². The summed E-state index contributed by atoms with van der Waals surface area (Å²) in [4.78, 5) is 46.4. The van der Waals surface area contributed by atoms with Crippen LogP contribution in [0.4, 0.5) is 0 Å². The summed E-state index contributed by atoms with van der Waals surface area (Å²) >= 11 is 0. The Morgan fingerprint density at radius 3 is 2.03 bits per heavy atom. The van der Waals surface area contributed by atoms with Crippen LogP contribution in [0.2, 0.25) is 0 Å². The number of carbonyl (C=O) groups excluding carboxylic acids is 3. The van der Waals surface area contributed by atoms with Gasteiger partial charge in [-0.05, 0) is 35.7 Å². The number of ether oxygens (including phenoxy) is 3. The van der Waals surface area contributed by atoms with Crippen molar-refractivity contribution in [2.45, 2.75) is 20.8 Å². The van der Waals surface area contributed by atoms with E-state index in [1.54, 1.807) is 24.3 Å². The van der Waals surface area contributed by atoms with Gasteiger partial charge in [0.25, 0.3) is 0 Å². The molecule has 0 aliphatic carbocycles. The third-order valence-electron chi connectivity index (χ3n) is 3.74. The number of esters is 3. The van der Waals surface area contributed by atoms with Crippen molar-refractivity contribution in [3.63, 3.8) is 0 Å². The maximum atomic E-state index is 12.5. The molecule has 8 nitrogen and oxygen atoms in total. The van der Waals surface area contributed by atoms with Gasteiger partial charge in [0, 0.05) is 26.3 Å². The average molecular weight is 396 g/mol. The predicted molar refractivity (Wildman–Crippen MR) is 102 cm³/mol. The van der Waals surface area contributed by atoms with Gasteiger partial charge >= 0.3 is 23.5 Å². The summed E-state index contributed by atoms with van der Waals surface area (Å²) in [5, 5.41) is 0.622. The van der Waals surface area contributed by atoms with Crippen LogP contribution < -0.4 is 19.8 Å². The van der Waals surface area contributed by atoms with E-state index in [4.69, 9.17) is 18.6 Å². The molecule has 0 saturated carbocycles. The first-order chi connectivity index (χ1) is 13.7. The van der Waals surface area contributed by atoms with Crippen LogP contribution in [0, 0.1) is 0 Å². The molecule has 0 aliphatic rings. The zero-order valence-electron chi connectivity index (χ0n) is 15.8. The lowest BCUT2D eigenvalue weighted by Gasteiger charge is -2.11. The van der Waals surface area contributed by atoms with Crippen LogP contribution in [0.25, 0.3) is 22.1 Å². The Hall–Kier alpha value is -3.94. The Labute approximate surface area is 164 Å². The molecule has 0 fully saturated rings. The second-order valence-corrected chi connectivity index (χ2v) is 6.06. The van der Waals surface area contributed by atoms with Crippen molar-refractivity contribution in [1.82, 2.24) is 0 Å². The van der Waals surface area contributed by atoms with E-state index in [2.05, 4.69) is 0 Å². The third-order valence-corrected chi connectivity index (χ3v) is 3.74. The van der Waals surface area contributed by atoms with Gasteiger partial charge in [0.2, 0.25) is 0 Å². The molecule has 3 rings (SSSR count). The molecule has 0 unspecified atom stereocenters. The van der Waals surface area contributed by atoms with Crippen LogP contribution in [0.1, 0.15) is 20.8 Å². The summed E-state index contributed by atoms with van der Waals surface area (Å²) in [5.74, 6) is -1.42. The highest BCUT2D eigenvalue weighted by molar-refractivity contribution is 5.91. The first-order valence-corrected chi connectivity index (χ1v) is 8.51. The van der Waals surface area contributed by atoms with E-state index in [9.17, 15) is 19.2 Å². The molecule has 2 aromatic carbocycles. The Balaban J connectivity index is 2.13. The van der Waals surface area contributed by atoms with E-state index in [1.165, 1.54) is 39.0 Å². The molecule has 0 bridgehead atoms. The van der Waals surface area contributed by atoms with Crippen molar-refractivity contribution in [3.8, 4) is 28.6 Å². The largest absolute Gasteiger partial charge is 0.426 e. The fraction of sp³-hybridized carbons (Fsp3) is 0.143. The lowest BCUT2D eigenvalue weighted by molar-refractivity contribution is -0.134. The van der Waals surface area contributed by atoms with Crippen LogP contribution in [0.3, 0.4) is 0 Å². The minimum atomic E-state index is -0.701. The van der Waals surface area contributed by atoms with Gasteiger partial charge in [-0.1, -0.05) is 12.1 Å². The summed E-state index contributed by atoms with van der Waals surface area (Å²) in [6, 6.07) is 10.8. The van der Waals surface area contributed by atoms with Crippen molar-refractivity contribution in [2.24, 2.45) is 0 Å². The van der Waals surface area contributed by atoms with E-state index in [0.29, 0.717) is 10.9 Å². The first-order valence-electron chi connectivity index (χ1n) is 8.51. The zero-order chi connectivity index (χ0) is 21.1. The fourth-order valence-corrected chi connectivity index (χ4v) is 2.73. The highest BCUT2D eigenvalue weighted by Gasteiger charge is 2.16. The number of benzene rings is 2. The van der Waals surface area contributed by atoms with Gasteiger partial charge < -0.3 is 18.6 Å². The van der Waals surface area contributed by atoms with Crippen LogP contribution >= 0.6 is 0 Å². The van der Waals surface area contributed by atoms with Crippen LogP contribution in [0.5, 0.6) is 17.2 Å². The molecular weight excluding hydrogens is 380 g/mol. The number of fused-ring (bicyclic) bond motifs is 1. The molecule has 0 atom stereocenters. The highest BCUT2D eigenvalue weighted by Crippen LogP contribution is 2.34. The van der Waals surface area contributed by atoms with E-state index in [1.807, 2.05) is 0 Å². The predicted octanol–water partition coefficient (Wildman–Crippen LogP) is 3.24. The molecular formula is C21H16O8. The van der Waals surface area contributed by atoms with Crippen molar-refractivity contribution in [1.29, 1.82) is 0 Å². The molecule has 0 spiro atoms. The van der Waals surface area contributed by atoms with Gasteiger partial charge in [0.15, 0.2) is 11.5 Å². The molecule has 0 radical (unpaired) electrons. The quantitative estimate of drug-likeness (QED) is 0.488. The van der Waals surface area contributed by atoms with Crippen LogP contribution in [-0.4, -0.2) is 17.9 Å². The lowest BCUT2D eigenvalue weighted by Crippen LogP contribution is -2.08. The summed E-state index contributed by atoms with van der Waals surface area (Å²) in [5.41, 5.74) is -0.290. The van der Waals surface area contributed by atoms with Gasteiger partial charge in [-0.25, -0.2) is 4.79 Å². The Kier molecular flexibility index (Phi) is 5.45. The van der Waals surface area contributed by atoms with Crippen molar-refractivity contribution in [2.75, 3.05) is 0 Å². The van der Waals surface area contributed by atoms with Crippen molar-refractivity contribution >= 4 is 28.7 Å². The maximum Gasteiger partial charge on any atom is 0.347 e. The van der Waals surface area contributed by atoms with E-state index in [0.717, 1.165) is 0 Å². The molecule has 0 amide bonds. The molecule has 148 valence electrons. The van der Waals surface area contributed by atoms with Gasteiger partial charge in [-0.2, -0.15) is 0 Å². The average Bonchev–Trinajstić information content (AvgIpc) is 2.61. The Morgan fingerprint density at radius 2 is 1.38 bits per heavy atom. The van der Waals surface area contributed by atoms with E-state index in [-0.39, 0.29) is 28.4 Å². The normalized spacial score (nSPS) is 10.4. The fourth-order valence-electron chi connectivity index (χ4n) is 2.73. The standard InChI is InChI=1S/C21H16O8/c1-11(22)26-16-8-7-14(9-19(16)28-13(3)24)18-10-15-5-4-6-17(27-12(2)23)20(15)21(25)29-18/h4-10H,1-3H3. The first kappa shape index (κ1) is 19.8. The zero-order valence-corrected chi connectivity index (χ0v) is 15.8. The minimum Gasteiger partial charge on any atom is -0.426 e. The molecule has 1 aromatic heterocycles. The smallest absolute Gasteiger partial charge is 0.347 e. The third kappa shape index (κ3) is 4.49.